The highest BCUT2D eigenvalue weighted by Gasteiger charge is 2.26. The van der Waals surface area contributed by atoms with E-state index in [2.05, 4.69) is 17.1 Å². The summed E-state index contributed by atoms with van der Waals surface area (Å²) in [6.45, 7) is 7.53. The Kier molecular flexibility index (Phi) is 8.73. The van der Waals surface area contributed by atoms with Crippen LogP contribution in [0.1, 0.15) is 84.0 Å². The van der Waals surface area contributed by atoms with Gasteiger partial charge in [-0.3, -0.25) is 0 Å². The summed E-state index contributed by atoms with van der Waals surface area (Å²) < 4.78 is 0. The summed E-state index contributed by atoms with van der Waals surface area (Å²) in [5.74, 6) is 0.962. The van der Waals surface area contributed by atoms with Crippen LogP contribution in [0.25, 0.3) is 0 Å². The Hall–Kier alpha value is -0.0800. The summed E-state index contributed by atoms with van der Waals surface area (Å²) in [5.41, 5.74) is 0. The van der Waals surface area contributed by atoms with Crippen molar-refractivity contribution in [3.8, 4) is 0 Å². The van der Waals surface area contributed by atoms with Gasteiger partial charge in [0, 0.05) is 12.6 Å². The monoisotopic (exact) mass is 294 g/mol. The lowest BCUT2D eigenvalue weighted by molar-refractivity contribution is 0.203. The molecule has 1 aliphatic heterocycles. The van der Waals surface area contributed by atoms with Crippen LogP contribution in [0.3, 0.4) is 0 Å². The largest absolute Gasteiger partial charge is 0.312 e. The fraction of sp³-hybridized carbons (Fsp3) is 1.00. The average molecular weight is 295 g/mol. The van der Waals surface area contributed by atoms with Gasteiger partial charge >= 0.3 is 0 Å². The molecule has 0 radical (unpaired) electrons. The van der Waals surface area contributed by atoms with Gasteiger partial charge in [0.1, 0.15) is 0 Å². The predicted molar refractivity (Wildman–Crippen MR) is 92.8 cm³/mol. The van der Waals surface area contributed by atoms with Crippen molar-refractivity contribution in [2.75, 3.05) is 26.2 Å². The SMILES string of the molecule is CCCCCCCCN1CCCNC(C2CCCCC2)C1. The highest BCUT2D eigenvalue weighted by molar-refractivity contribution is 4.84. The first-order valence-electron chi connectivity index (χ1n) is 9.86. The van der Waals surface area contributed by atoms with Crippen molar-refractivity contribution in [3.05, 3.63) is 0 Å². The van der Waals surface area contributed by atoms with Crippen molar-refractivity contribution in [3.63, 3.8) is 0 Å². The molecule has 1 atom stereocenters. The third-order valence-corrected chi connectivity index (χ3v) is 5.56. The minimum absolute atomic E-state index is 0.785. The Labute approximate surface area is 133 Å². The van der Waals surface area contributed by atoms with Gasteiger partial charge in [0.05, 0.1) is 0 Å². The molecule has 1 unspecified atom stereocenters. The first-order valence-corrected chi connectivity index (χ1v) is 9.86. The van der Waals surface area contributed by atoms with Crippen LogP contribution in [0.4, 0.5) is 0 Å². The summed E-state index contributed by atoms with van der Waals surface area (Å²) in [6, 6.07) is 0.785. The zero-order valence-corrected chi connectivity index (χ0v) is 14.4. The molecular formula is C19H38N2. The smallest absolute Gasteiger partial charge is 0.0223 e. The Bertz CT molecular complexity index is 248. The van der Waals surface area contributed by atoms with E-state index in [0.29, 0.717) is 0 Å². The molecule has 0 amide bonds. The van der Waals surface area contributed by atoms with E-state index >= 15 is 0 Å². The second kappa shape index (κ2) is 10.6. The van der Waals surface area contributed by atoms with Crippen LogP contribution < -0.4 is 5.32 Å². The summed E-state index contributed by atoms with van der Waals surface area (Å²) in [4.78, 5) is 2.76. The molecule has 2 rings (SSSR count). The maximum Gasteiger partial charge on any atom is 0.0223 e. The minimum atomic E-state index is 0.785. The first kappa shape index (κ1) is 17.3. The van der Waals surface area contributed by atoms with Crippen molar-refractivity contribution in [2.45, 2.75) is 90.0 Å². The predicted octanol–water partition coefficient (Wildman–Crippen LogP) is 4.59. The van der Waals surface area contributed by atoms with Gasteiger partial charge in [-0.2, -0.15) is 0 Å². The van der Waals surface area contributed by atoms with Gasteiger partial charge in [0.15, 0.2) is 0 Å². The van der Waals surface area contributed by atoms with Gasteiger partial charge in [0.2, 0.25) is 0 Å². The second-order valence-corrected chi connectivity index (χ2v) is 7.38. The molecule has 1 saturated heterocycles. The van der Waals surface area contributed by atoms with Crippen LogP contribution >= 0.6 is 0 Å². The number of nitrogens with one attached hydrogen (secondary N) is 1. The molecule has 0 bridgehead atoms. The fourth-order valence-electron chi connectivity index (χ4n) is 4.20. The average Bonchev–Trinajstić information content (AvgIpc) is 2.77. The molecule has 2 aliphatic rings. The Morgan fingerprint density at radius 1 is 0.905 bits per heavy atom. The van der Waals surface area contributed by atoms with Crippen molar-refractivity contribution in [1.29, 1.82) is 0 Å². The van der Waals surface area contributed by atoms with E-state index in [1.54, 1.807) is 0 Å². The van der Waals surface area contributed by atoms with Crippen LogP contribution in [0, 0.1) is 5.92 Å². The third kappa shape index (κ3) is 6.69. The summed E-state index contributed by atoms with van der Waals surface area (Å²) >= 11 is 0. The van der Waals surface area contributed by atoms with Crippen LogP contribution in [0.15, 0.2) is 0 Å². The fourth-order valence-corrected chi connectivity index (χ4v) is 4.20. The summed E-state index contributed by atoms with van der Waals surface area (Å²) in [7, 11) is 0. The number of hydrogen-bond acceptors (Lipinski definition) is 2. The lowest BCUT2D eigenvalue weighted by Crippen LogP contribution is -2.43. The van der Waals surface area contributed by atoms with Gasteiger partial charge in [-0.15, -0.1) is 0 Å². The number of nitrogens with zero attached hydrogens (tertiary/aromatic N) is 1. The zero-order chi connectivity index (χ0) is 14.8. The highest BCUT2D eigenvalue weighted by atomic mass is 15.2. The minimum Gasteiger partial charge on any atom is -0.312 e. The second-order valence-electron chi connectivity index (χ2n) is 7.38. The molecule has 0 aromatic carbocycles. The topological polar surface area (TPSA) is 15.3 Å². The molecule has 124 valence electrons. The van der Waals surface area contributed by atoms with Gasteiger partial charge in [0.25, 0.3) is 0 Å². The first-order chi connectivity index (χ1) is 10.4. The van der Waals surface area contributed by atoms with Crippen molar-refractivity contribution < 1.29 is 0 Å². The molecule has 2 nitrogen and oxygen atoms in total. The quantitative estimate of drug-likeness (QED) is 0.659. The van der Waals surface area contributed by atoms with E-state index < -0.39 is 0 Å². The molecular weight excluding hydrogens is 256 g/mol. The lowest BCUT2D eigenvalue weighted by Gasteiger charge is -2.33. The van der Waals surface area contributed by atoms with Gasteiger partial charge in [-0.1, -0.05) is 58.3 Å². The third-order valence-electron chi connectivity index (χ3n) is 5.56. The lowest BCUT2D eigenvalue weighted by atomic mass is 9.83. The molecule has 1 saturated carbocycles. The highest BCUT2D eigenvalue weighted by Crippen LogP contribution is 2.27. The zero-order valence-electron chi connectivity index (χ0n) is 14.4. The Morgan fingerprint density at radius 3 is 2.48 bits per heavy atom. The van der Waals surface area contributed by atoms with Crippen molar-refractivity contribution >= 4 is 0 Å². The molecule has 1 aliphatic carbocycles. The molecule has 0 aromatic rings. The Balaban J connectivity index is 1.64. The molecule has 1 heterocycles. The van der Waals surface area contributed by atoms with E-state index in [1.807, 2.05) is 0 Å². The van der Waals surface area contributed by atoms with E-state index in [0.717, 1.165) is 12.0 Å². The van der Waals surface area contributed by atoms with Crippen LogP contribution in [0.2, 0.25) is 0 Å². The summed E-state index contributed by atoms with van der Waals surface area (Å²) in [6.07, 6.45) is 17.3. The van der Waals surface area contributed by atoms with Crippen LogP contribution in [-0.2, 0) is 0 Å². The molecule has 0 spiro atoms. The van der Waals surface area contributed by atoms with Crippen molar-refractivity contribution in [1.82, 2.24) is 10.2 Å². The molecule has 2 heteroatoms. The molecule has 1 N–H and O–H groups in total. The van der Waals surface area contributed by atoms with Crippen LogP contribution in [0.5, 0.6) is 0 Å². The van der Waals surface area contributed by atoms with Crippen molar-refractivity contribution in [2.24, 2.45) is 5.92 Å². The normalized spacial score (nSPS) is 25.9. The van der Waals surface area contributed by atoms with Gasteiger partial charge < -0.3 is 10.2 Å². The Morgan fingerprint density at radius 2 is 1.67 bits per heavy atom. The van der Waals surface area contributed by atoms with E-state index in [-0.39, 0.29) is 0 Å². The van der Waals surface area contributed by atoms with E-state index in [4.69, 9.17) is 0 Å². The number of rotatable bonds is 8. The number of hydrogen-bond donors (Lipinski definition) is 1. The maximum atomic E-state index is 3.86. The molecule has 2 fully saturated rings. The summed E-state index contributed by atoms with van der Waals surface area (Å²) in [5, 5.41) is 3.86. The van der Waals surface area contributed by atoms with E-state index in [1.165, 1.54) is 103 Å². The molecule has 21 heavy (non-hydrogen) atoms. The van der Waals surface area contributed by atoms with Gasteiger partial charge in [-0.25, -0.2) is 0 Å². The van der Waals surface area contributed by atoms with Crippen LogP contribution in [-0.4, -0.2) is 37.1 Å². The van der Waals surface area contributed by atoms with Gasteiger partial charge in [-0.05, 0) is 51.2 Å². The van der Waals surface area contributed by atoms with E-state index in [9.17, 15) is 0 Å². The number of unbranched alkanes of at least 4 members (excludes halogenated alkanes) is 5. The molecule has 0 aromatic heterocycles. The standard InChI is InChI=1S/C19H38N2/c1-2-3-4-5-6-10-15-21-16-11-14-20-19(17-21)18-12-8-7-9-13-18/h18-20H,2-17H2,1H3. The maximum absolute atomic E-state index is 3.86.